The van der Waals surface area contributed by atoms with E-state index in [1.165, 1.54) is 28.6 Å². The first-order chi connectivity index (χ1) is 11.4. The molecule has 0 aliphatic heterocycles. The molecule has 0 spiro atoms. The molecule has 132 valence electrons. The maximum Gasteiger partial charge on any atom is 0.335 e. The topological polar surface area (TPSA) is 101 Å². The molecule has 1 saturated carbocycles. The van der Waals surface area contributed by atoms with Crippen LogP contribution in [0.15, 0.2) is 29.2 Å². The van der Waals surface area contributed by atoms with Crippen LogP contribution in [0.3, 0.4) is 0 Å². The molecule has 24 heavy (non-hydrogen) atoms. The number of carboxylic acids is 1. The second kappa shape index (κ2) is 7.76. The smallest absolute Gasteiger partial charge is 0.335 e. The van der Waals surface area contributed by atoms with Crippen molar-refractivity contribution in [3.05, 3.63) is 29.8 Å². The molecular weight excluding hydrogens is 334 g/mol. The van der Waals surface area contributed by atoms with Gasteiger partial charge in [0.05, 0.1) is 17.1 Å². The number of ether oxygens (including phenoxy) is 1. The van der Waals surface area contributed by atoms with E-state index in [2.05, 4.69) is 0 Å². The van der Waals surface area contributed by atoms with Gasteiger partial charge in [-0.3, -0.25) is 4.79 Å². The van der Waals surface area contributed by atoms with Gasteiger partial charge in [-0.25, -0.2) is 13.2 Å². The minimum atomic E-state index is -3.79. The van der Waals surface area contributed by atoms with Crippen molar-refractivity contribution in [3.63, 3.8) is 0 Å². The first-order valence-corrected chi connectivity index (χ1v) is 9.31. The molecule has 8 heteroatoms. The fourth-order valence-electron chi connectivity index (χ4n) is 2.40. The summed E-state index contributed by atoms with van der Waals surface area (Å²) in [7, 11) is -3.79. The highest BCUT2D eigenvalue weighted by Crippen LogP contribution is 2.32. The normalized spacial score (nSPS) is 14.6. The summed E-state index contributed by atoms with van der Waals surface area (Å²) < 4.78 is 31.8. The van der Waals surface area contributed by atoms with Crippen LogP contribution in [0, 0.1) is 0 Å². The first-order valence-electron chi connectivity index (χ1n) is 7.87. The molecule has 0 heterocycles. The van der Waals surface area contributed by atoms with Crippen LogP contribution in [0.1, 0.15) is 43.0 Å². The minimum Gasteiger partial charge on any atom is -0.478 e. The maximum absolute atomic E-state index is 12.8. The molecule has 1 aliphatic rings. The summed E-state index contributed by atoms with van der Waals surface area (Å²) in [6.07, 6.45) is 2.07. The monoisotopic (exact) mass is 355 g/mol. The number of carbonyl (C=O) groups excluding carboxylic acids is 1. The summed E-state index contributed by atoms with van der Waals surface area (Å²) in [6, 6.07) is 5.25. The van der Waals surface area contributed by atoms with E-state index in [-0.39, 0.29) is 35.4 Å². The van der Waals surface area contributed by atoms with Crippen LogP contribution in [-0.4, -0.2) is 49.0 Å². The van der Waals surface area contributed by atoms with Gasteiger partial charge in [-0.2, -0.15) is 4.31 Å². The average Bonchev–Trinajstić information content (AvgIpc) is 3.36. The number of nitrogens with zero attached hydrogens (tertiary/aromatic N) is 1. The second-order valence-electron chi connectivity index (χ2n) is 5.59. The molecule has 0 unspecified atom stereocenters. The summed E-state index contributed by atoms with van der Waals surface area (Å²) in [5.41, 5.74) is -0.0710. The third-order valence-corrected chi connectivity index (χ3v) is 5.65. The lowest BCUT2D eigenvalue weighted by Crippen LogP contribution is -2.34. The number of hydrogen-bond acceptors (Lipinski definition) is 5. The van der Waals surface area contributed by atoms with Crippen molar-refractivity contribution in [2.45, 2.75) is 43.5 Å². The van der Waals surface area contributed by atoms with E-state index >= 15 is 0 Å². The lowest BCUT2D eigenvalue weighted by atomic mass is 10.2. The zero-order valence-corrected chi connectivity index (χ0v) is 14.3. The molecule has 0 radical (unpaired) electrons. The van der Waals surface area contributed by atoms with E-state index in [0.717, 1.165) is 12.8 Å². The Kier molecular flexibility index (Phi) is 5.95. The van der Waals surface area contributed by atoms with Crippen LogP contribution in [0.5, 0.6) is 0 Å². The van der Waals surface area contributed by atoms with Crippen molar-refractivity contribution < 1.29 is 27.9 Å². The van der Waals surface area contributed by atoms with E-state index in [9.17, 15) is 18.0 Å². The molecule has 0 bridgehead atoms. The molecule has 1 aromatic carbocycles. The Morgan fingerprint density at radius 2 is 2.04 bits per heavy atom. The van der Waals surface area contributed by atoms with Gasteiger partial charge in [0, 0.05) is 19.0 Å². The molecule has 1 N–H and O–H groups in total. The molecular formula is C16H21NO6S. The van der Waals surface area contributed by atoms with E-state index < -0.39 is 16.0 Å². The highest BCUT2D eigenvalue weighted by Gasteiger charge is 2.37. The Balaban J connectivity index is 2.13. The number of rotatable bonds is 9. The van der Waals surface area contributed by atoms with Crippen LogP contribution < -0.4 is 0 Å². The molecule has 7 nitrogen and oxygen atoms in total. The van der Waals surface area contributed by atoms with E-state index in [1.54, 1.807) is 6.92 Å². The minimum absolute atomic E-state index is 0.0366. The van der Waals surface area contributed by atoms with Crippen molar-refractivity contribution >= 4 is 22.0 Å². The van der Waals surface area contributed by atoms with Crippen LogP contribution in [0.2, 0.25) is 0 Å². The number of carboxylic acid groups (broad SMARTS) is 1. The Morgan fingerprint density at radius 1 is 1.33 bits per heavy atom. The van der Waals surface area contributed by atoms with Crippen LogP contribution in [-0.2, 0) is 19.6 Å². The van der Waals surface area contributed by atoms with Gasteiger partial charge in [0.25, 0.3) is 0 Å². The zero-order chi connectivity index (χ0) is 17.7. The number of aromatic carboxylic acids is 1. The highest BCUT2D eigenvalue weighted by atomic mass is 32.2. The summed E-state index contributed by atoms with van der Waals surface area (Å²) in [5, 5.41) is 9.03. The van der Waals surface area contributed by atoms with Crippen LogP contribution >= 0.6 is 0 Å². The van der Waals surface area contributed by atoms with Gasteiger partial charge in [0.15, 0.2) is 0 Å². The largest absolute Gasteiger partial charge is 0.478 e. The molecule has 0 aromatic heterocycles. The van der Waals surface area contributed by atoms with Crippen molar-refractivity contribution in [3.8, 4) is 0 Å². The number of carbonyl (C=O) groups is 2. The maximum atomic E-state index is 12.8. The SMILES string of the molecule is CCOC(=O)CCCN(C1CC1)S(=O)(=O)c1cccc(C(=O)O)c1. The molecule has 1 aromatic rings. The quantitative estimate of drug-likeness (QED) is 0.679. The van der Waals surface area contributed by atoms with Gasteiger partial charge in [0.2, 0.25) is 10.0 Å². The van der Waals surface area contributed by atoms with Crippen LogP contribution in [0.25, 0.3) is 0 Å². The number of hydrogen-bond donors (Lipinski definition) is 1. The Morgan fingerprint density at radius 3 is 2.62 bits per heavy atom. The van der Waals surface area contributed by atoms with Crippen molar-refractivity contribution in [2.75, 3.05) is 13.2 Å². The Hall–Kier alpha value is -1.93. The summed E-state index contributed by atoms with van der Waals surface area (Å²) in [5.74, 6) is -1.52. The molecule has 1 fully saturated rings. The third-order valence-electron chi connectivity index (χ3n) is 3.71. The van der Waals surface area contributed by atoms with Gasteiger partial charge in [-0.1, -0.05) is 6.07 Å². The van der Waals surface area contributed by atoms with Gasteiger partial charge < -0.3 is 9.84 Å². The molecule has 0 atom stereocenters. The van der Waals surface area contributed by atoms with Gasteiger partial charge >= 0.3 is 11.9 Å². The highest BCUT2D eigenvalue weighted by molar-refractivity contribution is 7.89. The predicted octanol–water partition coefficient (Wildman–Crippen LogP) is 1.88. The lowest BCUT2D eigenvalue weighted by Gasteiger charge is -2.22. The molecule has 0 amide bonds. The molecule has 2 rings (SSSR count). The second-order valence-corrected chi connectivity index (χ2v) is 7.48. The number of esters is 1. The lowest BCUT2D eigenvalue weighted by molar-refractivity contribution is -0.143. The van der Waals surface area contributed by atoms with Crippen molar-refractivity contribution in [1.82, 2.24) is 4.31 Å². The number of sulfonamides is 1. The summed E-state index contributed by atoms with van der Waals surface area (Å²) in [4.78, 5) is 22.4. The first kappa shape index (κ1) is 18.4. The standard InChI is InChI=1S/C16H21NO6S/c1-2-23-15(18)7-4-10-17(13-8-9-13)24(21,22)14-6-3-5-12(11-14)16(19)20/h3,5-6,11,13H,2,4,7-10H2,1H3,(H,19,20). The summed E-state index contributed by atoms with van der Waals surface area (Å²) in [6.45, 7) is 2.23. The van der Waals surface area contributed by atoms with Crippen molar-refractivity contribution in [2.24, 2.45) is 0 Å². The fraction of sp³-hybridized carbons (Fsp3) is 0.500. The van der Waals surface area contributed by atoms with Gasteiger partial charge in [-0.15, -0.1) is 0 Å². The van der Waals surface area contributed by atoms with Crippen LogP contribution in [0.4, 0.5) is 0 Å². The Labute approximate surface area is 141 Å². The molecule has 1 aliphatic carbocycles. The Bertz CT molecular complexity index is 711. The fourth-order valence-corrected chi connectivity index (χ4v) is 4.17. The van der Waals surface area contributed by atoms with E-state index in [0.29, 0.717) is 13.0 Å². The van der Waals surface area contributed by atoms with Gasteiger partial charge in [-0.05, 0) is 44.4 Å². The third kappa shape index (κ3) is 4.55. The average molecular weight is 355 g/mol. The predicted molar refractivity (Wildman–Crippen MR) is 86.2 cm³/mol. The van der Waals surface area contributed by atoms with Crippen molar-refractivity contribution in [1.29, 1.82) is 0 Å². The van der Waals surface area contributed by atoms with Gasteiger partial charge in [0.1, 0.15) is 0 Å². The number of benzene rings is 1. The zero-order valence-electron chi connectivity index (χ0n) is 13.5. The molecule has 0 saturated heterocycles. The van der Waals surface area contributed by atoms with E-state index in [4.69, 9.17) is 9.84 Å². The summed E-state index contributed by atoms with van der Waals surface area (Å²) >= 11 is 0. The van der Waals surface area contributed by atoms with E-state index in [1.807, 2.05) is 0 Å².